The topological polar surface area (TPSA) is 12.0 Å². The summed E-state index contributed by atoms with van der Waals surface area (Å²) in [6.07, 6.45) is 5.34. The van der Waals surface area contributed by atoms with Gasteiger partial charge < -0.3 is 5.32 Å². The fourth-order valence-corrected chi connectivity index (χ4v) is 1.30. The molecule has 0 spiro atoms. The smallest absolute Gasteiger partial charge is 0.00103 e. The first kappa shape index (κ1) is 13.0. The van der Waals surface area contributed by atoms with Crippen molar-refractivity contribution in [2.24, 2.45) is 5.41 Å². The van der Waals surface area contributed by atoms with Crippen molar-refractivity contribution in [2.75, 3.05) is 6.54 Å². The maximum absolute atomic E-state index is 3.45. The van der Waals surface area contributed by atoms with Crippen molar-refractivity contribution >= 4 is 0 Å². The van der Waals surface area contributed by atoms with Gasteiger partial charge in [0.1, 0.15) is 0 Å². The van der Waals surface area contributed by atoms with Crippen molar-refractivity contribution in [3.63, 3.8) is 0 Å². The predicted molar refractivity (Wildman–Crippen MR) is 61.1 cm³/mol. The molecular formula is C12H27N. The van der Waals surface area contributed by atoms with Gasteiger partial charge in [-0.2, -0.15) is 0 Å². The third kappa shape index (κ3) is 8.29. The first-order valence-corrected chi connectivity index (χ1v) is 5.71. The largest absolute Gasteiger partial charge is 0.315 e. The van der Waals surface area contributed by atoms with Crippen LogP contribution in [0.1, 0.15) is 60.3 Å². The van der Waals surface area contributed by atoms with Crippen LogP contribution in [0.5, 0.6) is 0 Å². The van der Waals surface area contributed by atoms with Crippen molar-refractivity contribution in [3.8, 4) is 0 Å². The Hall–Kier alpha value is -0.0400. The molecular weight excluding hydrogens is 158 g/mol. The molecule has 0 amide bonds. The lowest BCUT2D eigenvalue weighted by Crippen LogP contribution is -2.23. The predicted octanol–water partition coefficient (Wildman–Crippen LogP) is 3.59. The SMILES string of the molecule is CCC(C)(C)CCCCNC(C)C. The zero-order chi connectivity index (χ0) is 10.3. The molecule has 0 atom stereocenters. The zero-order valence-electron chi connectivity index (χ0n) is 10.1. The molecule has 0 unspecified atom stereocenters. The molecule has 0 aromatic carbocycles. The van der Waals surface area contributed by atoms with Crippen LogP contribution < -0.4 is 5.32 Å². The van der Waals surface area contributed by atoms with Crippen molar-refractivity contribution < 1.29 is 0 Å². The van der Waals surface area contributed by atoms with Gasteiger partial charge >= 0.3 is 0 Å². The van der Waals surface area contributed by atoms with Crippen molar-refractivity contribution in [1.29, 1.82) is 0 Å². The van der Waals surface area contributed by atoms with Crippen LogP contribution in [0, 0.1) is 5.41 Å². The van der Waals surface area contributed by atoms with Crippen LogP contribution >= 0.6 is 0 Å². The molecule has 80 valence electrons. The highest BCUT2D eigenvalue weighted by atomic mass is 14.9. The van der Waals surface area contributed by atoms with Gasteiger partial charge in [-0.15, -0.1) is 0 Å². The molecule has 0 bridgehead atoms. The molecule has 0 aliphatic carbocycles. The molecule has 0 heterocycles. The van der Waals surface area contributed by atoms with Crippen LogP contribution in [-0.4, -0.2) is 12.6 Å². The monoisotopic (exact) mass is 185 g/mol. The number of unbranched alkanes of at least 4 members (excludes halogenated alkanes) is 1. The fourth-order valence-electron chi connectivity index (χ4n) is 1.30. The second-order valence-electron chi connectivity index (χ2n) is 5.08. The van der Waals surface area contributed by atoms with Gasteiger partial charge in [0.05, 0.1) is 0 Å². The summed E-state index contributed by atoms with van der Waals surface area (Å²) in [6.45, 7) is 12.6. The fraction of sp³-hybridized carbons (Fsp3) is 1.00. The zero-order valence-corrected chi connectivity index (χ0v) is 10.1. The van der Waals surface area contributed by atoms with Crippen LogP contribution in [0.2, 0.25) is 0 Å². The first-order valence-electron chi connectivity index (χ1n) is 5.71. The molecule has 0 aliphatic heterocycles. The Balaban J connectivity index is 3.26. The molecule has 0 rings (SSSR count). The molecule has 13 heavy (non-hydrogen) atoms. The molecule has 0 aliphatic rings. The Labute approximate surface area is 84.3 Å². The molecule has 0 saturated heterocycles. The van der Waals surface area contributed by atoms with E-state index < -0.39 is 0 Å². The maximum atomic E-state index is 3.45. The van der Waals surface area contributed by atoms with E-state index in [1.807, 2.05) is 0 Å². The molecule has 0 saturated carbocycles. The van der Waals surface area contributed by atoms with Gasteiger partial charge in [-0.05, 0) is 24.8 Å². The second-order valence-corrected chi connectivity index (χ2v) is 5.08. The Morgan fingerprint density at radius 3 is 2.23 bits per heavy atom. The first-order chi connectivity index (χ1) is 5.98. The van der Waals surface area contributed by atoms with Crippen LogP contribution in [0.25, 0.3) is 0 Å². The summed E-state index contributed by atoms with van der Waals surface area (Å²) in [5.74, 6) is 0. The van der Waals surface area contributed by atoms with Crippen LogP contribution in [0.4, 0.5) is 0 Å². The molecule has 0 radical (unpaired) electrons. The van der Waals surface area contributed by atoms with E-state index in [1.165, 1.54) is 32.2 Å². The van der Waals surface area contributed by atoms with Crippen molar-refractivity contribution in [2.45, 2.75) is 66.3 Å². The molecule has 1 heteroatoms. The molecule has 1 nitrogen and oxygen atoms in total. The van der Waals surface area contributed by atoms with Crippen LogP contribution in [0.3, 0.4) is 0 Å². The lowest BCUT2D eigenvalue weighted by Gasteiger charge is -2.22. The summed E-state index contributed by atoms with van der Waals surface area (Å²) >= 11 is 0. The summed E-state index contributed by atoms with van der Waals surface area (Å²) in [5, 5.41) is 3.45. The summed E-state index contributed by atoms with van der Waals surface area (Å²) in [5.41, 5.74) is 0.553. The highest BCUT2D eigenvalue weighted by Gasteiger charge is 2.13. The number of nitrogens with one attached hydrogen (secondary N) is 1. The summed E-state index contributed by atoms with van der Waals surface area (Å²) in [6, 6.07) is 0.638. The van der Waals surface area contributed by atoms with Gasteiger partial charge in [0.25, 0.3) is 0 Å². The van der Waals surface area contributed by atoms with E-state index in [2.05, 4.69) is 39.9 Å². The molecule has 1 N–H and O–H groups in total. The highest BCUT2D eigenvalue weighted by Crippen LogP contribution is 2.26. The van der Waals surface area contributed by atoms with E-state index in [1.54, 1.807) is 0 Å². The molecule has 0 fully saturated rings. The number of rotatable bonds is 7. The van der Waals surface area contributed by atoms with Crippen molar-refractivity contribution in [3.05, 3.63) is 0 Å². The van der Waals surface area contributed by atoms with E-state index in [0.29, 0.717) is 11.5 Å². The Morgan fingerprint density at radius 1 is 1.15 bits per heavy atom. The van der Waals surface area contributed by atoms with E-state index in [4.69, 9.17) is 0 Å². The average Bonchev–Trinajstić information content (AvgIpc) is 2.03. The van der Waals surface area contributed by atoms with Gasteiger partial charge in [0.15, 0.2) is 0 Å². The third-order valence-electron chi connectivity index (χ3n) is 2.79. The third-order valence-corrected chi connectivity index (χ3v) is 2.79. The van der Waals surface area contributed by atoms with Gasteiger partial charge in [0, 0.05) is 6.04 Å². The van der Waals surface area contributed by atoms with E-state index in [0.717, 1.165) is 0 Å². The average molecular weight is 185 g/mol. The summed E-state index contributed by atoms with van der Waals surface area (Å²) in [4.78, 5) is 0. The minimum Gasteiger partial charge on any atom is -0.315 e. The lowest BCUT2D eigenvalue weighted by atomic mass is 9.85. The van der Waals surface area contributed by atoms with Crippen LogP contribution in [0.15, 0.2) is 0 Å². The van der Waals surface area contributed by atoms with Gasteiger partial charge in [-0.25, -0.2) is 0 Å². The van der Waals surface area contributed by atoms with Gasteiger partial charge in [-0.3, -0.25) is 0 Å². The van der Waals surface area contributed by atoms with Gasteiger partial charge in [-0.1, -0.05) is 47.5 Å². The van der Waals surface area contributed by atoms with Crippen LogP contribution in [-0.2, 0) is 0 Å². The minimum absolute atomic E-state index is 0.553. The van der Waals surface area contributed by atoms with E-state index >= 15 is 0 Å². The standard InChI is InChI=1S/C12H27N/c1-6-12(4,5)9-7-8-10-13-11(2)3/h11,13H,6-10H2,1-5H3. The molecule has 0 aromatic rings. The highest BCUT2D eigenvalue weighted by molar-refractivity contribution is 4.66. The van der Waals surface area contributed by atoms with Crippen molar-refractivity contribution in [1.82, 2.24) is 5.32 Å². The quantitative estimate of drug-likeness (QED) is 0.598. The minimum atomic E-state index is 0.553. The normalized spacial score (nSPS) is 12.5. The summed E-state index contributed by atoms with van der Waals surface area (Å²) in [7, 11) is 0. The Kier molecular flexibility index (Phi) is 6.40. The molecule has 0 aromatic heterocycles. The van der Waals surface area contributed by atoms with Gasteiger partial charge in [0.2, 0.25) is 0 Å². The van der Waals surface area contributed by atoms with E-state index in [-0.39, 0.29) is 0 Å². The lowest BCUT2D eigenvalue weighted by molar-refractivity contribution is 0.308. The number of hydrogen-bond donors (Lipinski definition) is 1. The number of hydrogen-bond acceptors (Lipinski definition) is 1. The van der Waals surface area contributed by atoms with E-state index in [9.17, 15) is 0 Å². The maximum Gasteiger partial charge on any atom is 0.00103 e. The summed E-state index contributed by atoms with van der Waals surface area (Å²) < 4.78 is 0. The Bertz CT molecular complexity index is 116. The Morgan fingerprint density at radius 2 is 1.77 bits per heavy atom. The second kappa shape index (κ2) is 6.42.